The second kappa shape index (κ2) is 5.68. The van der Waals surface area contributed by atoms with Crippen molar-refractivity contribution in [3.05, 3.63) is 41.1 Å². The van der Waals surface area contributed by atoms with Gasteiger partial charge in [-0.3, -0.25) is 10.5 Å². The van der Waals surface area contributed by atoms with Gasteiger partial charge in [-0.25, -0.2) is 0 Å². The van der Waals surface area contributed by atoms with Crippen LogP contribution in [0.1, 0.15) is 43.5 Å². The summed E-state index contributed by atoms with van der Waals surface area (Å²) in [6, 6.07) is 9.81. The summed E-state index contributed by atoms with van der Waals surface area (Å²) in [7, 11) is 1.61. The van der Waals surface area contributed by atoms with Gasteiger partial charge in [0.05, 0.1) is 13.2 Å². The molecule has 1 aromatic heterocycles. The lowest BCUT2D eigenvalue weighted by Crippen LogP contribution is -2.32. The van der Waals surface area contributed by atoms with Crippen molar-refractivity contribution in [3.63, 3.8) is 0 Å². The summed E-state index contributed by atoms with van der Waals surface area (Å²) in [5.41, 5.74) is 2.47. The number of hydrogen-bond donors (Lipinski definition) is 2. The summed E-state index contributed by atoms with van der Waals surface area (Å²) in [5.74, 6) is -0.0174. The maximum absolute atomic E-state index is 9.64. The molecule has 124 valence electrons. The van der Waals surface area contributed by atoms with Crippen molar-refractivity contribution in [2.45, 2.75) is 32.1 Å². The van der Waals surface area contributed by atoms with Crippen LogP contribution in [-0.2, 0) is 5.41 Å². The molecule has 0 aliphatic carbocycles. The fourth-order valence-corrected chi connectivity index (χ4v) is 3.09. The topological polar surface area (TPSA) is 94.8 Å². The van der Waals surface area contributed by atoms with E-state index >= 15 is 0 Å². The minimum absolute atomic E-state index is 0.0789. The number of hydrogen-bond acceptors (Lipinski definition) is 5. The number of benzene rings is 1. The molecule has 2 atom stereocenters. The van der Waals surface area contributed by atoms with Gasteiger partial charge >= 0.3 is 0 Å². The van der Waals surface area contributed by atoms with E-state index < -0.39 is 5.92 Å². The molecule has 2 aromatic rings. The predicted molar refractivity (Wildman–Crippen MR) is 89.6 cm³/mol. The number of aromatic nitrogens is 2. The SMILES string of the molecule is COc1cccc(C2c3c(n[nH]c3C(C)(C)C)OC(=N)C2C#N)c1. The standard InChI is InChI=1S/C18H20N4O2/c1-18(2,3)15-14-13(10-6-5-7-11(8-10)23-4)12(9-19)16(20)24-17(14)22-21-15/h5-8,12-13,20H,1-4H3,(H,21,22). The van der Waals surface area contributed by atoms with Gasteiger partial charge in [0.1, 0.15) is 11.7 Å². The van der Waals surface area contributed by atoms with Crippen LogP contribution in [0.3, 0.4) is 0 Å². The van der Waals surface area contributed by atoms with Gasteiger partial charge in [0, 0.05) is 22.6 Å². The molecule has 2 unspecified atom stereocenters. The summed E-state index contributed by atoms with van der Waals surface area (Å²) in [6.45, 7) is 6.22. The molecule has 0 amide bonds. The highest BCUT2D eigenvalue weighted by Crippen LogP contribution is 2.45. The van der Waals surface area contributed by atoms with Crippen LogP contribution < -0.4 is 9.47 Å². The average molecular weight is 324 g/mol. The van der Waals surface area contributed by atoms with E-state index in [4.69, 9.17) is 14.9 Å². The largest absolute Gasteiger partial charge is 0.497 e. The molecule has 0 saturated heterocycles. The number of rotatable bonds is 2. The zero-order valence-corrected chi connectivity index (χ0v) is 14.2. The molecular formula is C18H20N4O2. The van der Waals surface area contributed by atoms with Gasteiger partial charge in [0.15, 0.2) is 0 Å². The molecule has 0 bridgehead atoms. The highest BCUT2D eigenvalue weighted by atomic mass is 16.5. The quantitative estimate of drug-likeness (QED) is 0.885. The van der Waals surface area contributed by atoms with Gasteiger partial charge in [-0.05, 0) is 17.7 Å². The maximum atomic E-state index is 9.64. The Balaban J connectivity index is 2.24. The molecule has 24 heavy (non-hydrogen) atoms. The highest BCUT2D eigenvalue weighted by Gasteiger charge is 2.42. The Morgan fingerprint density at radius 1 is 1.38 bits per heavy atom. The van der Waals surface area contributed by atoms with Crippen LogP contribution >= 0.6 is 0 Å². The van der Waals surface area contributed by atoms with Crippen LogP contribution in [0.4, 0.5) is 0 Å². The molecule has 0 radical (unpaired) electrons. The Morgan fingerprint density at radius 2 is 2.12 bits per heavy atom. The van der Waals surface area contributed by atoms with Gasteiger partial charge < -0.3 is 9.47 Å². The number of aromatic amines is 1. The zero-order valence-electron chi connectivity index (χ0n) is 14.2. The molecule has 0 saturated carbocycles. The lowest BCUT2D eigenvalue weighted by Gasteiger charge is -2.30. The third-order valence-corrected chi connectivity index (χ3v) is 4.24. The van der Waals surface area contributed by atoms with E-state index in [0.717, 1.165) is 16.8 Å². The molecule has 0 spiro atoms. The molecule has 3 rings (SSSR count). The molecule has 1 aliphatic rings. The van der Waals surface area contributed by atoms with Crippen LogP contribution in [0.5, 0.6) is 11.6 Å². The van der Waals surface area contributed by atoms with Crippen LogP contribution in [0, 0.1) is 22.7 Å². The van der Waals surface area contributed by atoms with Crippen molar-refractivity contribution >= 4 is 5.90 Å². The Hall–Kier alpha value is -2.81. The molecular weight excluding hydrogens is 304 g/mol. The summed E-state index contributed by atoms with van der Waals surface area (Å²) in [4.78, 5) is 0. The first-order valence-electron chi connectivity index (χ1n) is 7.75. The normalized spacial score (nSPS) is 20.0. The minimum atomic E-state index is -0.705. The Kier molecular flexibility index (Phi) is 3.80. The smallest absolute Gasteiger partial charge is 0.243 e. The maximum Gasteiger partial charge on any atom is 0.243 e. The third-order valence-electron chi connectivity index (χ3n) is 4.24. The number of methoxy groups -OCH3 is 1. The van der Waals surface area contributed by atoms with Crippen molar-refractivity contribution in [1.29, 1.82) is 10.7 Å². The van der Waals surface area contributed by atoms with Crippen molar-refractivity contribution in [3.8, 4) is 17.7 Å². The summed E-state index contributed by atoms with van der Waals surface area (Å²) in [6.07, 6.45) is 0. The molecule has 1 aliphatic heterocycles. The molecule has 2 heterocycles. The number of nitrogens with zero attached hydrogens (tertiary/aromatic N) is 2. The average Bonchev–Trinajstić information content (AvgIpc) is 2.97. The van der Waals surface area contributed by atoms with Gasteiger partial charge in [0.2, 0.25) is 11.8 Å². The molecule has 6 nitrogen and oxygen atoms in total. The van der Waals surface area contributed by atoms with Gasteiger partial charge in [0.25, 0.3) is 0 Å². The van der Waals surface area contributed by atoms with E-state index in [2.05, 4.69) is 37.0 Å². The van der Waals surface area contributed by atoms with Gasteiger partial charge in [-0.15, -0.1) is 5.10 Å². The first-order chi connectivity index (χ1) is 11.4. The molecule has 0 fully saturated rings. The number of nitrogens with one attached hydrogen (secondary N) is 2. The van der Waals surface area contributed by atoms with Crippen LogP contribution in [0.25, 0.3) is 0 Å². The lowest BCUT2D eigenvalue weighted by atomic mass is 9.76. The second-order valence-electron chi connectivity index (χ2n) is 6.89. The van der Waals surface area contributed by atoms with Crippen molar-refractivity contribution in [1.82, 2.24) is 10.2 Å². The summed E-state index contributed by atoms with van der Waals surface area (Å²) in [5, 5.41) is 25.0. The van der Waals surface area contributed by atoms with E-state index in [1.165, 1.54) is 0 Å². The monoisotopic (exact) mass is 324 g/mol. The zero-order chi connectivity index (χ0) is 17.5. The number of fused-ring (bicyclic) bond motifs is 1. The van der Waals surface area contributed by atoms with Gasteiger partial charge in [-0.2, -0.15) is 5.26 Å². The van der Waals surface area contributed by atoms with Crippen LogP contribution in [-0.4, -0.2) is 23.2 Å². The molecule has 2 N–H and O–H groups in total. The summed E-state index contributed by atoms with van der Waals surface area (Å²) < 4.78 is 10.8. The van der Waals surface area contributed by atoms with Gasteiger partial charge in [-0.1, -0.05) is 32.9 Å². The first kappa shape index (κ1) is 16.1. The Bertz CT molecular complexity index is 826. The van der Waals surface area contributed by atoms with E-state index in [9.17, 15) is 5.26 Å². The Morgan fingerprint density at radius 3 is 2.75 bits per heavy atom. The predicted octanol–water partition coefficient (Wildman–Crippen LogP) is 3.36. The fraction of sp³-hybridized carbons (Fsp3) is 0.389. The van der Waals surface area contributed by atoms with E-state index in [-0.39, 0.29) is 17.2 Å². The number of nitriles is 1. The number of H-pyrrole nitrogens is 1. The summed E-state index contributed by atoms with van der Waals surface area (Å²) >= 11 is 0. The minimum Gasteiger partial charge on any atom is -0.497 e. The van der Waals surface area contributed by atoms with Crippen molar-refractivity contribution in [2.24, 2.45) is 5.92 Å². The second-order valence-corrected chi connectivity index (χ2v) is 6.89. The van der Waals surface area contributed by atoms with Crippen LogP contribution in [0.2, 0.25) is 0 Å². The number of ether oxygens (including phenoxy) is 2. The van der Waals surface area contributed by atoms with E-state index in [0.29, 0.717) is 11.6 Å². The highest BCUT2D eigenvalue weighted by molar-refractivity contribution is 5.85. The van der Waals surface area contributed by atoms with Crippen LogP contribution in [0.15, 0.2) is 24.3 Å². The van der Waals surface area contributed by atoms with Crippen molar-refractivity contribution in [2.75, 3.05) is 7.11 Å². The van der Waals surface area contributed by atoms with E-state index in [1.807, 2.05) is 24.3 Å². The van der Waals surface area contributed by atoms with E-state index in [1.54, 1.807) is 7.11 Å². The van der Waals surface area contributed by atoms with Crippen molar-refractivity contribution < 1.29 is 9.47 Å². The first-order valence-corrected chi connectivity index (χ1v) is 7.75. The third kappa shape index (κ3) is 2.52. The fourth-order valence-electron chi connectivity index (χ4n) is 3.09. The lowest BCUT2D eigenvalue weighted by molar-refractivity contribution is 0.411. The molecule has 1 aromatic carbocycles. The Labute approximate surface area is 140 Å². The molecule has 6 heteroatoms.